The molecular weight excluding hydrogens is 202 g/mol. The first kappa shape index (κ1) is 13.5. The first-order valence-electron chi connectivity index (χ1n) is 6.60. The molecule has 0 saturated heterocycles. The molecule has 1 fully saturated rings. The van der Waals surface area contributed by atoms with Crippen molar-refractivity contribution >= 4 is 5.97 Å². The minimum atomic E-state index is -0.711. The van der Waals surface area contributed by atoms with E-state index in [1.54, 1.807) is 0 Å². The quantitative estimate of drug-likeness (QED) is 0.776. The third kappa shape index (κ3) is 4.52. The van der Waals surface area contributed by atoms with Crippen molar-refractivity contribution in [2.75, 3.05) is 0 Å². The Morgan fingerprint density at radius 1 is 1.12 bits per heavy atom. The van der Waals surface area contributed by atoms with E-state index in [9.17, 15) is 4.79 Å². The largest absolute Gasteiger partial charge is 0.480 e. The molecule has 16 heavy (non-hydrogen) atoms. The van der Waals surface area contributed by atoms with Crippen molar-refractivity contribution in [2.24, 2.45) is 5.92 Å². The molecule has 1 atom stereocenters. The number of hydrogen-bond acceptors (Lipinski definition) is 2. The Bertz CT molecular complexity index is 208. The average Bonchev–Trinajstić information content (AvgIpc) is 2.14. The van der Waals surface area contributed by atoms with Crippen LogP contribution < -0.4 is 5.32 Å². The molecule has 0 aromatic heterocycles. The van der Waals surface area contributed by atoms with Crippen LogP contribution >= 0.6 is 0 Å². The van der Waals surface area contributed by atoms with Crippen LogP contribution in [0.2, 0.25) is 0 Å². The first-order chi connectivity index (χ1) is 7.61. The molecular formula is C13H25NO2. The number of carboxylic acids is 1. The molecule has 94 valence electrons. The summed E-state index contributed by atoms with van der Waals surface area (Å²) >= 11 is 0. The SMILES string of the molecule is CC(C)C(NC1CCCCCCC1)C(=O)O. The Labute approximate surface area is 98.6 Å². The predicted octanol–water partition coefficient (Wildman–Crippen LogP) is 2.80. The fourth-order valence-electron chi connectivity index (χ4n) is 2.43. The third-order valence-corrected chi connectivity index (χ3v) is 3.45. The summed E-state index contributed by atoms with van der Waals surface area (Å²) in [6.07, 6.45) is 8.70. The van der Waals surface area contributed by atoms with E-state index in [1.807, 2.05) is 13.8 Å². The van der Waals surface area contributed by atoms with Gasteiger partial charge in [-0.25, -0.2) is 0 Å². The number of nitrogens with one attached hydrogen (secondary N) is 1. The van der Waals surface area contributed by atoms with Crippen molar-refractivity contribution in [3.8, 4) is 0 Å². The maximum atomic E-state index is 11.1. The number of hydrogen-bond donors (Lipinski definition) is 2. The van der Waals surface area contributed by atoms with Crippen molar-refractivity contribution in [1.29, 1.82) is 0 Å². The predicted molar refractivity (Wildman–Crippen MR) is 65.5 cm³/mol. The van der Waals surface area contributed by atoms with Crippen LogP contribution in [0.5, 0.6) is 0 Å². The Morgan fingerprint density at radius 2 is 1.62 bits per heavy atom. The zero-order valence-electron chi connectivity index (χ0n) is 10.5. The van der Waals surface area contributed by atoms with Gasteiger partial charge in [-0.3, -0.25) is 4.79 Å². The van der Waals surface area contributed by atoms with Crippen molar-refractivity contribution in [2.45, 2.75) is 70.9 Å². The van der Waals surface area contributed by atoms with Crippen LogP contribution in [-0.4, -0.2) is 23.2 Å². The number of carbonyl (C=O) groups is 1. The molecule has 0 spiro atoms. The summed E-state index contributed by atoms with van der Waals surface area (Å²) in [5, 5.41) is 12.5. The normalized spacial score (nSPS) is 21.4. The van der Waals surface area contributed by atoms with E-state index < -0.39 is 5.97 Å². The molecule has 1 unspecified atom stereocenters. The molecule has 3 nitrogen and oxygen atoms in total. The summed E-state index contributed by atoms with van der Waals surface area (Å²) in [7, 11) is 0. The third-order valence-electron chi connectivity index (χ3n) is 3.45. The van der Waals surface area contributed by atoms with Crippen LogP contribution in [0.3, 0.4) is 0 Å². The topological polar surface area (TPSA) is 49.3 Å². The van der Waals surface area contributed by atoms with Gasteiger partial charge >= 0.3 is 5.97 Å². The maximum Gasteiger partial charge on any atom is 0.320 e. The molecule has 1 saturated carbocycles. The standard InChI is InChI=1S/C13H25NO2/c1-10(2)12(13(15)16)14-11-8-6-4-3-5-7-9-11/h10-12,14H,3-9H2,1-2H3,(H,15,16). The lowest BCUT2D eigenvalue weighted by molar-refractivity contribution is -0.141. The van der Waals surface area contributed by atoms with Gasteiger partial charge in [-0.2, -0.15) is 0 Å². The van der Waals surface area contributed by atoms with E-state index in [0.29, 0.717) is 6.04 Å². The molecule has 1 rings (SSSR count). The lowest BCUT2D eigenvalue weighted by Crippen LogP contribution is -2.46. The van der Waals surface area contributed by atoms with E-state index in [1.165, 1.54) is 32.1 Å². The van der Waals surface area contributed by atoms with Crippen molar-refractivity contribution in [3.63, 3.8) is 0 Å². The lowest BCUT2D eigenvalue weighted by atomic mass is 9.94. The van der Waals surface area contributed by atoms with Gasteiger partial charge in [0.1, 0.15) is 6.04 Å². The van der Waals surface area contributed by atoms with Gasteiger partial charge in [0.05, 0.1) is 0 Å². The fraction of sp³-hybridized carbons (Fsp3) is 0.923. The van der Waals surface area contributed by atoms with Crippen LogP contribution in [-0.2, 0) is 4.79 Å². The Morgan fingerprint density at radius 3 is 2.06 bits per heavy atom. The molecule has 0 bridgehead atoms. The Kier molecular flexibility index (Phi) is 5.81. The fourth-order valence-corrected chi connectivity index (χ4v) is 2.43. The van der Waals surface area contributed by atoms with E-state index >= 15 is 0 Å². The molecule has 2 N–H and O–H groups in total. The summed E-state index contributed by atoms with van der Waals surface area (Å²) < 4.78 is 0. The van der Waals surface area contributed by atoms with Crippen LogP contribution in [0.15, 0.2) is 0 Å². The van der Waals surface area contributed by atoms with Crippen molar-refractivity contribution in [3.05, 3.63) is 0 Å². The van der Waals surface area contributed by atoms with E-state index in [-0.39, 0.29) is 12.0 Å². The molecule has 0 radical (unpaired) electrons. The number of aliphatic carboxylic acids is 1. The lowest BCUT2D eigenvalue weighted by Gasteiger charge is -2.27. The van der Waals surface area contributed by atoms with E-state index in [4.69, 9.17) is 5.11 Å². The van der Waals surface area contributed by atoms with Gasteiger partial charge in [0.15, 0.2) is 0 Å². The molecule has 0 heterocycles. The van der Waals surface area contributed by atoms with Crippen molar-refractivity contribution < 1.29 is 9.90 Å². The maximum absolute atomic E-state index is 11.1. The smallest absolute Gasteiger partial charge is 0.320 e. The zero-order chi connectivity index (χ0) is 12.0. The molecule has 3 heteroatoms. The van der Waals surface area contributed by atoms with Crippen LogP contribution in [0.4, 0.5) is 0 Å². The van der Waals surface area contributed by atoms with Gasteiger partial charge in [-0.05, 0) is 18.8 Å². The second kappa shape index (κ2) is 6.89. The Hall–Kier alpha value is -0.570. The number of rotatable bonds is 4. The van der Waals surface area contributed by atoms with E-state index in [2.05, 4.69) is 5.32 Å². The highest BCUT2D eigenvalue weighted by Crippen LogP contribution is 2.18. The summed E-state index contributed by atoms with van der Waals surface area (Å²) in [6.45, 7) is 3.93. The summed E-state index contributed by atoms with van der Waals surface area (Å²) in [5.74, 6) is -0.556. The highest BCUT2D eigenvalue weighted by molar-refractivity contribution is 5.73. The van der Waals surface area contributed by atoms with Gasteiger partial charge in [-0.1, -0.05) is 46.0 Å². The molecule has 1 aliphatic carbocycles. The summed E-state index contributed by atoms with van der Waals surface area (Å²) in [6, 6.07) is 0.0215. The van der Waals surface area contributed by atoms with Crippen LogP contribution in [0.1, 0.15) is 58.8 Å². The van der Waals surface area contributed by atoms with Crippen LogP contribution in [0.25, 0.3) is 0 Å². The minimum absolute atomic E-state index is 0.156. The van der Waals surface area contributed by atoms with E-state index in [0.717, 1.165) is 12.8 Å². The van der Waals surface area contributed by atoms with Gasteiger partial charge in [-0.15, -0.1) is 0 Å². The second-order valence-electron chi connectivity index (χ2n) is 5.27. The van der Waals surface area contributed by atoms with Gasteiger partial charge in [0.2, 0.25) is 0 Å². The number of carboxylic acid groups (broad SMARTS) is 1. The van der Waals surface area contributed by atoms with Gasteiger partial charge in [0.25, 0.3) is 0 Å². The zero-order valence-corrected chi connectivity index (χ0v) is 10.5. The van der Waals surface area contributed by atoms with Gasteiger partial charge < -0.3 is 10.4 Å². The molecule has 1 aliphatic rings. The molecule has 0 amide bonds. The second-order valence-corrected chi connectivity index (χ2v) is 5.27. The highest BCUT2D eigenvalue weighted by atomic mass is 16.4. The first-order valence-corrected chi connectivity index (χ1v) is 6.60. The highest BCUT2D eigenvalue weighted by Gasteiger charge is 2.24. The van der Waals surface area contributed by atoms with Crippen LogP contribution in [0, 0.1) is 5.92 Å². The molecule has 0 aromatic carbocycles. The minimum Gasteiger partial charge on any atom is -0.480 e. The average molecular weight is 227 g/mol. The van der Waals surface area contributed by atoms with Gasteiger partial charge in [0, 0.05) is 6.04 Å². The Balaban J connectivity index is 2.44. The molecule has 0 aliphatic heterocycles. The molecule has 0 aromatic rings. The monoisotopic (exact) mass is 227 g/mol. The summed E-state index contributed by atoms with van der Waals surface area (Å²) in [5.41, 5.74) is 0. The summed E-state index contributed by atoms with van der Waals surface area (Å²) in [4.78, 5) is 11.1. The van der Waals surface area contributed by atoms with Crippen molar-refractivity contribution in [1.82, 2.24) is 5.32 Å².